The van der Waals surface area contributed by atoms with Crippen LogP contribution in [-0.4, -0.2) is 64.6 Å². The van der Waals surface area contributed by atoms with Crippen LogP contribution in [0, 0.1) is 0 Å². The highest BCUT2D eigenvalue weighted by atomic mass is 16.7. The van der Waals surface area contributed by atoms with Crippen LogP contribution in [0.1, 0.15) is 75.7 Å². The van der Waals surface area contributed by atoms with E-state index in [4.69, 9.17) is 23.5 Å². The molecule has 1 aliphatic heterocycles. The minimum absolute atomic E-state index is 0.205. The zero-order valence-electron chi connectivity index (χ0n) is 21.5. The van der Waals surface area contributed by atoms with Crippen molar-refractivity contribution in [3.63, 3.8) is 0 Å². The van der Waals surface area contributed by atoms with E-state index in [0.29, 0.717) is 18.4 Å². The lowest BCUT2D eigenvalue weighted by Gasteiger charge is -2.32. The van der Waals surface area contributed by atoms with Crippen LogP contribution in [0.25, 0.3) is 0 Å². The van der Waals surface area contributed by atoms with Crippen molar-refractivity contribution in [1.29, 1.82) is 0 Å². The van der Waals surface area contributed by atoms with Gasteiger partial charge in [-0.25, -0.2) is 9.59 Å². The van der Waals surface area contributed by atoms with Gasteiger partial charge in [-0.15, -0.1) is 5.10 Å². The van der Waals surface area contributed by atoms with Crippen molar-refractivity contribution < 1.29 is 33.1 Å². The lowest BCUT2D eigenvalue weighted by atomic mass is 9.81. The summed E-state index contributed by atoms with van der Waals surface area (Å²) in [7, 11) is -0.763. The average Bonchev–Trinajstić information content (AvgIpc) is 3.10. The lowest BCUT2D eigenvalue weighted by molar-refractivity contribution is 0.00578. The Morgan fingerprint density at radius 3 is 2.09 bits per heavy atom. The maximum atomic E-state index is 12.5. The van der Waals surface area contributed by atoms with Gasteiger partial charge in [-0.2, -0.15) is 4.68 Å². The third kappa shape index (κ3) is 7.63. The molecule has 1 N–H and O–H groups in total. The number of ether oxygens (including phenoxy) is 3. The number of alkyl carbamates (subject to hydrolysis) is 1. The molecule has 1 aromatic rings. The molecule has 2 heterocycles. The molecule has 33 heavy (non-hydrogen) atoms. The van der Waals surface area contributed by atoms with Gasteiger partial charge in [-0.3, -0.25) is 0 Å². The van der Waals surface area contributed by atoms with E-state index in [1.165, 1.54) is 6.20 Å². The molecule has 186 valence electrons. The fraction of sp³-hybridized carbons (Fsp3) is 0.773. The van der Waals surface area contributed by atoms with Crippen LogP contribution in [0.5, 0.6) is 5.88 Å². The SMILES string of the molecule is CC(C)(C)OC(=O)NCCCOc1nn(C(=O)OC(C)(C)C)cc1B1OC(C)(C)C(C)(C)O1. The summed E-state index contributed by atoms with van der Waals surface area (Å²) in [5, 5.41) is 6.94. The van der Waals surface area contributed by atoms with E-state index in [-0.39, 0.29) is 12.5 Å². The normalized spacial score (nSPS) is 17.6. The Hall–Kier alpha value is -2.27. The number of amides is 1. The molecule has 2 rings (SSSR count). The summed E-state index contributed by atoms with van der Waals surface area (Å²) >= 11 is 0. The molecule has 0 radical (unpaired) electrons. The van der Waals surface area contributed by atoms with Crippen LogP contribution in [0.15, 0.2) is 6.20 Å². The van der Waals surface area contributed by atoms with Crippen molar-refractivity contribution in [2.75, 3.05) is 13.2 Å². The molecular formula is C22H38BN3O7. The molecule has 1 amide bonds. The van der Waals surface area contributed by atoms with E-state index in [2.05, 4.69) is 10.4 Å². The second-order valence-electron chi connectivity index (χ2n) is 11.0. The van der Waals surface area contributed by atoms with Crippen LogP contribution in [0.2, 0.25) is 0 Å². The zero-order chi connectivity index (χ0) is 25.2. The highest BCUT2D eigenvalue weighted by Crippen LogP contribution is 2.37. The Balaban J connectivity index is 2.09. The van der Waals surface area contributed by atoms with Gasteiger partial charge in [-0.05, 0) is 75.7 Å². The van der Waals surface area contributed by atoms with Crippen LogP contribution in [-0.2, 0) is 18.8 Å². The predicted molar refractivity (Wildman–Crippen MR) is 124 cm³/mol. The number of hydrogen-bond acceptors (Lipinski definition) is 8. The lowest BCUT2D eigenvalue weighted by Crippen LogP contribution is -2.41. The molecule has 0 aliphatic carbocycles. The van der Waals surface area contributed by atoms with E-state index in [1.54, 1.807) is 41.5 Å². The third-order valence-electron chi connectivity index (χ3n) is 5.02. The highest BCUT2D eigenvalue weighted by molar-refractivity contribution is 6.63. The standard InChI is InChI=1S/C22H38BN3O7/c1-19(2,3)30-17(27)24-12-11-13-29-16-15(23-32-21(7,8)22(9,10)33-23)14-26(25-16)18(28)31-20(4,5)6/h14H,11-13H2,1-10H3,(H,24,27). The Kier molecular flexibility index (Phi) is 7.80. The Bertz CT molecular complexity index is 837. The second kappa shape index (κ2) is 9.54. The summed E-state index contributed by atoms with van der Waals surface area (Å²) in [5.41, 5.74) is -1.89. The summed E-state index contributed by atoms with van der Waals surface area (Å²) in [6, 6.07) is 0. The van der Waals surface area contributed by atoms with Gasteiger partial charge in [0, 0.05) is 12.7 Å². The molecule has 0 aromatic carbocycles. The fourth-order valence-corrected chi connectivity index (χ4v) is 2.76. The summed E-state index contributed by atoms with van der Waals surface area (Å²) in [4.78, 5) is 24.3. The van der Waals surface area contributed by atoms with Crippen molar-refractivity contribution in [1.82, 2.24) is 15.1 Å². The Morgan fingerprint density at radius 2 is 1.58 bits per heavy atom. The summed E-state index contributed by atoms with van der Waals surface area (Å²) in [6.07, 6.45) is 0.877. The molecular weight excluding hydrogens is 429 g/mol. The van der Waals surface area contributed by atoms with Gasteiger partial charge < -0.3 is 28.8 Å². The maximum Gasteiger partial charge on any atom is 0.502 e. The van der Waals surface area contributed by atoms with Gasteiger partial charge in [0.05, 0.1) is 23.3 Å². The first kappa shape index (κ1) is 27.0. The number of nitrogens with one attached hydrogen (secondary N) is 1. The van der Waals surface area contributed by atoms with Crippen LogP contribution < -0.4 is 15.5 Å². The van der Waals surface area contributed by atoms with Crippen molar-refractivity contribution in [2.45, 2.75) is 98.1 Å². The predicted octanol–water partition coefficient (Wildman–Crippen LogP) is 3.26. The number of carbonyl (C=O) groups is 2. The monoisotopic (exact) mass is 467 g/mol. The minimum atomic E-state index is -0.763. The van der Waals surface area contributed by atoms with E-state index in [9.17, 15) is 9.59 Å². The van der Waals surface area contributed by atoms with Gasteiger partial charge in [0.1, 0.15) is 11.2 Å². The summed E-state index contributed by atoms with van der Waals surface area (Å²) in [6.45, 7) is 19.1. The van der Waals surface area contributed by atoms with E-state index in [0.717, 1.165) is 4.68 Å². The maximum absolute atomic E-state index is 12.5. The number of nitrogens with zero attached hydrogens (tertiary/aromatic N) is 2. The van der Waals surface area contributed by atoms with Gasteiger partial charge in [0.25, 0.3) is 0 Å². The summed E-state index contributed by atoms with van der Waals surface area (Å²) in [5.74, 6) is 0.205. The molecule has 1 aliphatic rings. The molecule has 0 atom stereocenters. The van der Waals surface area contributed by atoms with Gasteiger partial charge >= 0.3 is 19.3 Å². The summed E-state index contributed by atoms with van der Waals surface area (Å²) < 4.78 is 29.8. The van der Waals surface area contributed by atoms with Crippen molar-refractivity contribution in [2.24, 2.45) is 0 Å². The number of hydrogen-bond donors (Lipinski definition) is 1. The first-order valence-electron chi connectivity index (χ1n) is 11.2. The second-order valence-corrected chi connectivity index (χ2v) is 11.0. The zero-order valence-corrected chi connectivity index (χ0v) is 21.5. The number of rotatable bonds is 6. The molecule has 1 saturated heterocycles. The number of carbonyl (C=O) groups excluding carboxylic acids is 2. The van der Waals surface area contributed by atoms with Crippen molar-refractivity contribution in [3.8, 4) is 5.88 Å². The quantitative estimate of drug-likeness (QED) is 0.502. The van der Waals surface area contributed by atoms with Crippen LogP contribution >= 0.6 is 0 Å². The third-order valence-corrected chi connectivity index (χ3v) is 5.02. The molecule has 10 nitrogen and oxygen atoms in total. The number of aromatic nitrogens is 2. The molecule has 11 heteroatoms. The van der Waals surface area contributed by atoms with Crippen LogP contribution in [0.4, 0.5) is 9.59 Å². The molecule has 0 spiro atoms. The Morgan fingerprint density at radius 1 is 1.03 bits per heavy atom. The molecule has 1 fully saturated rings. The minimum Gasteiger partial charge on any atom is -0.477 e. The fourth-order valence-electron chi connectivity index (χ4n) is 2.76. The smallest absolute Gasteiger partial charge is 0.477 e. The van der Waals surface area contributed by atoms with Crippen molar-refractivity contribution in [3.05, 3.63) is 6.20 Å². The molecule has 1 aromatic heterocycles. The first-order chi connectivity index (χ1) is 14.9. The van der Waals surface area contributed by atoms with Gasteiger partial charge in [0.15, 0.2) is 0 Å². The first-order valence-corrected chi connectivity index (χ1v) is 11.2. The highest BCUT2D eigenvalue weighted by Gasteiger charge is 2.53. The average molecular weight is 467 g/mol. The van der Waals surface area contributed by atoms with Gasteiger partial charge in [-0.1, -0.05) is 0 Å². The van der Waals surface area contributed by atoms with Gasteiger partial charge in [0.2, 0.25) is 5.88 Å². The largest absolute Gasteiger partial charge is 0.502 e. The molecule has 0 unspecified atom stereocenters. The Labute approximate surface area is 196 Å². The van der Waals surface area contributed by atoms with Crippen LogP contribution in [0.3, 0.4) is 0 Å². The van der Waals surface area contributed by atoms with E-state index < -0.39 is 41.7 Å². The van der Waals surface area contributed by atoms with E-state index in [1.807, 2.05) is 27.7 Å². The van der Waals surface area contributed by atoms with Crippen molar-refractivity contribution >= 4 is 24.8 Å². The van der Waals surface area contributed by atoms with E-state index >= 15 is 0 Å². The molecule has 0 bridgehead atoms. The topological polar surface area (TPSA) is 110 Å². The molecule has 0 saturated carbocycles.